The number of carbonyl (C=O) groups is 1. The van der Waals surface area contributed by atoms with E-state index in [0.717, 1.165) is 93.7 Å². The fourth-order valence-corrected chi connectivity index (χ4v) is 7.56. The first-order valence-corrected chi connectivity index (χ1v) is 16.3. The Bertz CT molecular complexity index is 1220. The van der Waals surface area contributed by atoms with E-state index in [1.165, 1.54) is 25.0 Å². The van der Waals surface area contributed by atoms with Crippen LogP contribution in [0.4, 0.5) is 13.2 Å². The van der Waals surface area contributed by atoms with E-state index in [9.17, 15) is 18.0 Å². The van der Waals surface area contributed by atoms with Crippen molar-refractivity contribution in [3.8, 4) is 5.75 Å². The van der Waals surface area contributed by atoms with Crippen molar-refractivity contribution in [2.24, 2.45) is 0 Å². The van der Waals surface area contributed by atoms with E-state index < -0.39 is 23.4 Å². The summed E-state index contributed by atoms with van der Waals surface area (Å²) < 4.78 is 52.7. The lowest BCUT2D eigenvalue weighted by Gasteiger charge is -2.42. The van der Waals surface area contributed by atoms with Crippen LogP contribution in [-0.2, 0) is 26.0 Å². The zero-order valence-electron chi connectivity index (χ0n) is 24.3. The van der Waals surface area contributed by atoms with Gasteiger partial charge in [-0.05, 0) is 112 Å². The smallest absolute Gasteiger partial charge is 0.416 e. The summed E-state index contributed by atoms with van der Waals surface area (Å²) in [7, 11) is 0. The number of amides is 1. The third-order valence-electron chi connectivity index (χ3n) is 9.09. The van der Waals surface area contributed by atoms with Gasteiger partial charge in [0, 0.05) is 37.1 Å². The third kappa shape index (κ3) is 7.50. The summed E-state index contributed by atoms with van der Waals surface area (Å²) in [5.41, 5.74) is 2.46. The molecule has 0 bridgehead atoms. The van der Waals surface area contributed by atoms with E-state index >= 15 is 0 Å². The van der Waals surface area contributed by atoms with E-state index in [0.29, 0.717) is 18.4 Å². The van der Waals surface area contributed by atoms with Crippen LogP contribution in [0.3, 0.4) is 0 Å². The Morgan fingerprint density at radius 1 is 0.930 bits per heavy atom. The van der Waals surface area contributed by atoms with Crippen molar-refractivity contribution >= 4 is 17.9 Å². The van der Waals surface area contributed by atoms with Gasteiger partial charge in [-0.15, -0.1) is 0 Å². The Kier molecular flexibility index (Phi) is 9.54. The summed E-state index contributed by atoms with van der Waals surface area (Å²) in [5.74, 6) is 0.351. The van der Waals surface area contributed by atoms with Crippen LogP contribution in [-0.4, -0.2) is 66.3 Å². The molecule has 3 aliphatic heterocycles. The molecule has 2 aromatic rings. The molecule has 1 N–H and O–H groups in total. The summed E-state index contributed by atoms with van der Waals surface area (Å²) in [5, 5.41) is 0. The molecule has 43 heavy (non-hydrogen) atoms. The first kappa shape index (κ1) is 30.7. The average Bonchev–Trinajstić information content (AvgIpc) is 3.87. The van der Waals surface area contributed by atoms with E-state index in [2.05, 4.69) is 26.8 Å². The molecule has 4 aliphatic rings. The Hall–Kier alpha value is -2.31. The van der Waals surface area contributed by atoms with Gasteiger partial charge >= 0.3 is 6.18 Å². The molecule has 1 aliphatic carbocycles. The van der Waals surface area contributed by atoms with Gasteiger partial charge in [0.2, 0.25) is 0 Å². The molecule has 6 rings (SSSR count). The van der Waals surface area contributed by atoms with Crippen molar-refractivity contribution in [1.82, 2.24) is 14.7 Å². The zero-order valence-corrected chi connectivity index (χ0v) is 25.1. The van der Waals surface area contributed by atoms with Gasteiger partial charge < -0.3 is 14.4 Å². The van der Waals surface area contributed by atoms with Crippen LogP contribution in [0.15, 0.2) is 53.4 Å². The Morgan fingerprint density at radius 3 is 2.30 bits per heavy atom. The van der Waals surface area contributed by atoms with Gasteiger partial charge in [0.05, 0.1) is 11.0 Å². The zero-order chi connectivity index (χ0) is 29.9. The number of piperidine rings is 2. The highest BCUT2D eigenvalue weighted by molar-refractivity contribution is 7.97. The Labute approximate surface area is 255 Å². The summed E-state index contributed by atoms with van der Waals surface area (Å²) in [6.07, 6.45) is 3.43. The van der Waals surface area contributed by atoms with E-state index in [1.807, 2.05) is 12.1 Å². The summed E-state index contributed by atoms with van der Waals surface area (Å²) in [6.45, 7) is 3.93. The van der Waals surface area contributed by atoms with Crippen LogP contribution >= 0.6 is 11.9 Å². The van der Waals surface area contributed by atoms with Crippen LogP contribution in [0.1, 0.15) is 68.9 Å². The standard InChI is InChI=1S/C32H40F3N3O4S/c33-32(34,35)23-8-12-25(13-9-23)41-26-14-18-38(19-15-26)43-28-6-2-1-5-27(28)31(16-20-37(21-17-31)24-10-11-24)30(39)36-42-29-7-3-4-22-40-29/h1-2,5-6,8-9,12-13,24,26,29H,3-4,7,10-11,14-22H2,(H,36,39). The lowest BCUT2D eigenvalue weighted by molar-refractivity contribution is -0.203. The van der Waals surface area contributed by atoms with Crippen molar-refractivity contribution in [3.63, 3.8) is 0 Å². The first-order chi connectivity index (χ1) is 20.8. The SMILES string of the molecule is O=C(NOC1CCCCO1)C1(c2ccccc2SN2CCC(Oc3ccc(C(F)(F)F)cc3)CC2)CCN(C2CC2)CC1. The number of hydroxylamine groups is 1. The fourth-order valence-electron chi connectivity index (χ4n) is 6.39. The van der Waals surface area contributed by atoms with Gasteiger partial charge in [0.15, 0.2) is 6.29 Å². The van der Waals surface area contributed by atoms with Crippen molar-refractivity contribution in [3.05, 3.63) is 59.7 Å². The first-order valence-electron chi connectivity index (χ1n) is 15.5. The monoisotopic (exact) mass is 619 g/mol. The second kappa shape index (κ2) is 13.4. The largest absolute Gasteiger partial charge is 0.490 e. The van der Waals surface area contributed by atoms with Crippen LogP contribution in [0, 0.1) is 0 Å². The van der Waals surface area contributed by atoms with Gasteiger partial charge in [-0.25, -0.2) is 14.6 Å². The number of hydrogen-bond acceptors (Lipinski definition) is 7. The van der Waals surface area contributed by atoms with Crippen molar-refractivity contribution in [2.75, 3.05) is 32.8 Å². The van der Waals surface area contributed by atoms with E-state index in [-0.39, 0.29) is 12.0 Å². The highest BCUT2D eigenvalue weighted by Crippen LogP contribution is 2.44. The third-order valence-corrected chi connectivity index (χ3v) is 10.3. The molecule has 0 spiro atoms. The number of rotatable bonds is 9. The summed E-state index contributed by atoms with van der Waals surface area (Å²) in [6, 6.07) is 13.8. The molecular formula is C32H40F3N3O4S. The maximum Gasteiger partial charge on any atom is 0.416 e. The minimum absolute atomic E-state index is 0.0631. The fraction of sp³-hybridized carbons (Fsp3) is 0.594. The van der Waals surface area contributed by atoms with Gasteiger partial charge in [0.1, 0.15) is 11.9 Å². The van der Waals surface area contributed by atoms with Gasteiger partial charge in [-0.1, -0.05) is 18.2 Å². The molecule has 11 heteroatoms. The summed E-state index contributed by atoms with van der Waals surface area (Å²) in [4.78, 5) is 23.3. The Morgan fingerprint density at radius 2 is 1.65 bits per heavy atom. The minimum Gasteiger partial charge on any atom is -0.490 e. The molecule has 1 saturated carbocycles. The van der Waals surface area contributed by atoms with Crippen molar-refractivity contribution in [1.29, 1.82) is 0 Å². The van der Waals surface area contributed by atoms with Crippen LogP contribution in [0.25, 0.3) is 0 Å². The van der Waals surface area contributed by atoms with E-state index in [4.69, 9.17) is 14.3 Å². The maximum absolute atomic E-state index is 14.0. The molecule has 4 fully saturated rings. The molecule has 234 valence electrons. The molecule has 7 nitrogen and oxygen atoms in total. The topological polar surface area (TPSA) is 63.3 Å². The van der Waals surface area contributed by atoms with Crippen LogP contribution in [0.2, 0.25) is 0 Å². The number of benzene rings is 2. The van der Waals surface area contributed by atoms with Crippen molar-refractivity contribution < 1.29 is 32.3 Å². The number of hydrogen-bond donors (Lipinski definition) is 1. The van der Waals surface area contributed by atoms with Gasteiger partial charge in [-0.3, -0.25) is 4.79 Å². The van der Waals surface area contributed by atoms with Gasteiger partial charge in [-0.2, -0.15) is 13.2 Å². The van der Waals surface area contributed by atoms with Crippen LogP contribution in [0.5, 0.6) is 5.75 Å². The number of alkyl halides is 3. The molecule has 3 saturated heterocycles. The summed E-state index contributed by atoms with van der Waals surface area (Å²) >= 11 is 1.67. The highest BCUT2D eigenvalue weighted by Gasteiger charge is 2.47. The molecule has 1 amide bonds. The second-order valence-electron chi connectivity index (χ2n) is 12.1. The molecule has 3 heterocycles. The number of ether oxygens (including phenoxy) is 2. The molecule has 0 aromatic heterocycles. The van der Waals surface area contributed by atoms with Crippen LogP contribution < -0.4 is 10.2 Å². The number of nitrogens with one attached hydrogen (secondary N) is 1. The average molecular weight is 620 g/mol. The maximum atomic E-state index is 14.0. The Balaban J connectivity index is 1.11. The normalized spacial score (nSPS) is 24.0. The highest BCUT2D eigenvalue weighted by atomic mass is 32.2. The molecule has 1 atom stereocenters. The number of likely N-dealkylation sites (tertiary alicyclic amines) is 1. The number of nitrogens with zero attached hydrogens (tertiary/aromatic N) is 2. The second-order valence-corrected chi connectivity index (χ2v) is 13.2. The predicted octanol–water partition coefficient (Wildman–Crippen LogP) is 6.33. The lowest BCUT2D eigenvalue weighted by atomic mass is 9.72. The lowest BCUT2D eigenvalue weighted by Crippen LogP contribution is -2.53. The number of carbonyl (C=O) groups excluding carboxylic acids is 1. The number of halogens is 3. The predicted molar refractivity (Wildman–Crippen MR) is 157 cm³/mol. The molecular weight excluding hydrogens is 579 g/mol. The van der Waals surface area contributed by atoms with E-state index in [1.54, 1.807) is 11.9 Å². The van der Waals surface area contributed by atoms with Crippen molar-refractivity contribution in [2.45, 2.75) is 92.7 Å². The quantitative estimate of drug-likeness (QED) is 0.260. The molecule has 1 unspecified atom stereocenters. The molecule has 0 radical (unpaired) electrons. The minimum atomic E-state index is -4.36. The van der Waals surface area contributed by atoms with Gasteiger partial charge in [0.25, 0.3) is 5.91 Å². The molecule has 2 aromatic carbocycles.